The van der Waals surface area contributed by atoms with Gasteiger partial charge in [0.1, 0.15) is 11.1 Å². The molecule has 0 aromatic heterocycles. The van der Waals surface area contributed by atoms with E-state index in [1.54, 1.807) is 0 Å². The molecule has 1 aliphatic carbocycles. The van der Waals surface area contributed by atoms with Gasteiger partial charge in [-0.15, -0.1) is 0 Å². The molecule has 0 atom stereocenters. The van der Waals surface area contributed by atoms with E-state index in [0.717, 1.165) is 25.7 Å². The number of rotatable bonds is 3. The van der Waals surface area contributed by atoms with Crippen LogP contribution in [0.2, 0.25) is 0 Å². The molecule has 19 heavy (non-hydrogen) atoms. The SMILES string of the molecule is CCC1(CC)NC(=O)C2(CCCC2)N(C(C)C)C1=O. The van der Waals surface area contributed by atoms with Crippen LogP contribution in [0.25, 0.3) is 0 Å². The normalized spacial score (nSPS) is 25.2. The lowest BCUT2D eigenvalue weighted by atomic mass is 9.80. The Bertz CT molecular complexity index is 380. The lowest BCUT2D eigenvalue weighted by molar-refractivity contribution is -0.166. The second kappa shape index (κ2) is 4.80. The minimum absolute atomic E-state index is 0.0713. The molecule has 1 heterocycles. The minimum atomic E-state index is -0.685. The molecule has 1 saturated carbocycles. The van der Waals surface area contributed by atoms with Crippen LogP contribution >= 0.6 is 0 Å². The summed E-state index contributed by atoms with van der Waals surface area (Å²) in [4.78, 5) is 27.6. The first kappa shape index (κ1) is 14.4. The molecule has 2 aliphatic rings. The van der Waals surface area contributed by atoms with Gasteiger partial charge < -0.3 is 10.2 Å². The molecule has 4 nitrogen and oxygen atoms in total. The van der Waals surface area contributed by atoms with Crippen molar-refractivity contribution in [3.05, 3.63) is 0 Å². The Hall–Kier alpha value is -1.06. The number of carbonyl (C=O) groups is 2. The highest BCUT2D eigenvalue weighted by Gasteiger charge is 2.58. The van der Waals surface area contributed by atoms with E-state index in [1.165, 1.54) is 0 Å². The molecule has 0 aromatic rings. The van der Waals surface area contributed by atoms with Crippen molar-refractivity contribution in [2.75, 3.05) is 0 Å². The first-order valence-electron chi connectivity index (χ1n) is 7.60. The smallest absolute Gasteiger partial charge is 0.249 e. The average molecular weight is 266 g/mol. The van der Waals surface area contributed by atoms with Crippen LogP contribution in [-0.2, 0) is 9.59 Å². The fraction of sp³-hybridized carbons (Fsp3) is 0.867. The number of hydrogen-bond acceptors (Lipinski definition) is 2. The van der Waals surface area contributed by atoms with Gasteiger partial charge in [-0.2, -0.15) is 0 Å². The van der Waals surface area contributed by atoms with Gasteiger partial charge in [0, 0.05) is 6.04 Å². The van der Waals surface area contributed by atoms with Crippen LogP contribution in [0.4, 0.5) is 0 Å². The summed E-state index contributed by atoms with van der Waals surface area (Å²) in [7, 11) is 0. The number of carbonyl (C=O) groups excluding carboxylic acids is 2. The van der Waals surface area contributed by atoms with Gasteiger partial charge in [-0.05, 0) is 39.5 Å². The third kappa shape index (κ3) is 1.87. The van der Waals surface area contributed by atoms with Crippen molar-refractivity contribution < 1.29 is 9.59 Å². The number of nitrogens with zero attached hydrogens (tertiary/aromatic N) is 1. The van der Waals surface area contributed by atoms with Crippen molar-refractivity contribution in [3.8, 4) is 0 Å². The van der Waals surface area contributed by atoms with Crippen LogP contribution < -0.4 is 5.32 Å². The lowest BCUT2D eigenvalue weighted by Gasteiger charge is -2.52. The highest BCUT2D eigenvalue weighted by molar-refractivity contribution is 6.02. The summed E-state index contributed by atoms with van der Waals surface area (Å²) in [6.07, 6.45) is 5.02. The molecule has 0 unspecified atom stereocenters. The molecule has 1 N–H and O–H groups in total. The molecular formula is C15H26N2O2. The van der Waals surface area contributed by atoms with Crippen molar-refractivity contribution in [2.45, 2.75) is 83.3 Å². The number of hydrogen-bond donors (Lipinski definition) is 1. The van der Waals surface area contributed by atoms with E-state index in [4.69, 9.17) is 0 Å². The lowest BCUT2D eigenvalue weighted by Crippen LogP contribution is -2.76. The summed E-state index contributed by atoms with van der Waals surface area (Å²) in [5, 5.41) is 3.07. The highest BCUT2D eigenvalue weighted by atomic mass is 16.2. The van der Waals surface area contributed by atoms with Crippen molar-refractivity contribution in [2.24, 2.45) is 0 Å². The molecule has 0 aromatic carbocycles. The van der Waals surface area contributed by atoms with Crippen LogP contribution in [0.5, 0.6) is 0 Å². The first-order chi connectivity index (χ1) is 8.93. The first-order valence-corrected chi connectivity index (χ1v) is 7.60. The van der Waals surface area contributed by atoms with Crippen molar-refractivity contribution in [1.82, 2.24) is 10.2 Å². The number of amides is 2. The van der Waals surface area contributed by atoms with Gasteiger partial charge in [0.25, 0.3) is 0 Å². The number of piperazine rings is 1. The molecule has 2 fully saturated rings. The van der Waals surface area contributed by atoms with Crippen LogP contribution in [0, 0.1) is 0 Å². The maximum absolute atomic E-state index is 13.0. The molecule has 1 saturated heterocycles. The fourth-order valence-corrected chi connectivity index (χ4v) is 3.81. The van der Waals surface area contributed by atoms with E-state index < -0.39 is 11.1 Å². The summed E-state index contributed by atoms with van der Waals surface area (Å²) in [5.41, 5.74) is -1.26. The second-order valence-electron chi connectivity index (χ2n) is 6.25. The molecule has 1 aliphatic heterocycles. The quantitative estimate of drug-likeness (QED) is 0.851. The van der Waals surface area contributed by atoms with Gasteiger partial charge in [-0.1, -0.05) is 26.7 Å². The Balaban J connectivity index is 2.46. The largest absolute Gasteiger partial charge is 0.340 e. The average Bonchev–Trinajstić information content (AvgIpc) is 2.84. The fourth-order valence-electron chi connectivity index (χ4n) is 3.81. The van der Waals surface area contributed by atoms with Crippen molar-refractivity contribution in [1.29, 1.82) is 0 Å². The van der Waals surface area contributed by atoms with Crippen LogP contribution in [0.1, 0.15) is 66.2 Å². The van der Waals surface area contributed by atoms with Gasteiger partial charge in [-0.3, -0.25) is 9.59 Å². The van der Waals surface area contributed by atoms with Crippen molar-refractivity contribution >= 4 is 11.8 Å². The Kier molecular flexibility index (Phi) is 3.63. The van der Waals surface area contributed by atoms with E-state index in [2.05, 4.69) is 5.32 Å². The molecule has 4 heteroatoms. The highest BCUT2D eigenvalue weighted by Crippen LogP contribution is 2.42. The van der Waals surface area contributed by atoms with E-state index in [1.807, 2.05) is 32.6 Å². The Morgan fingerprint density at radius 3 is 2.11 bits per heavy atom. The maximum atomic E-state index is 13.0. The zero-order chi connectivity index (χ0) is 14.3. The van der Waals surface area contributed by atoms with Gasteiger partial charge in [0.05, 0.1) is 0 Å². The monoisotopic (exact) mass is 266 g/mol. The zero-order valence-corrected chi connectivity index (χ0v) is 12.6. The van der Waals surface area contributed by atoms with Gasteiger partial charge >= 0.3 is 0 Å². The Labute approximate surface area is 115 Å². The maximum Gasteiger partial charge on any atom is 0.249 e. The predicted octanol–water partition coefficient (Wildman–Crippen LogP) is 2.22. The van der Waals surface area contributed by atoms with E-state index >= 15 is 0 Å². The topological polar surface area (TPSA) is 49.4 Å². The molecule has 0 radical (unpaired) electrons. The molecule has 108 valence electrons. The predicted molar refractivity (Wildman–Crippen MR) is 74.6 cm³/mol. The Morgan fingerprint density at radius 2 is 1.68 bits per heavy atom. The summed E-state index contributed by atoms with van der Waals surface area (Å²) < 4.78 is 0. The summed E-state index contributed by atoms with van der Waals surface area (Å²) in [6.45, 7) is 8.00. The molecule has 2 amide bonds. The summed E-state index contributed by atoms with van der Waals surface area (Å²) >= 11 is 0. The number of nitrogens with one attached hydrogen (secondary N) is 1. The van der Waals surface area contributed by atoms with Gasteiger partial charge in [-0.25, -0.2) is 0 Å². The molecule has 2 rings (SSSR count). The van der Waals surface area contributed by atoms with E-state index in [0.29, 0.717) is 12.8 Å². The third-order valence-electron chi connectivity index (χ3n) is 5.02. The third-order valence-corrected chi connectivity index (χ3v) is 5.02. The molecule has 0 bridgehead atoms. The van der Waals surface area contributed by atoms with Crippen molar-refractivity contribution in [3.63, 3.8) is 0 Å². The Morgan fingerprint density at radius 1 is 1.16 bits per heavy atom. The van der Waals surface area contributed by atoms with Crippen LogP contribution in [-0.4, -0.2) is 33.8 Å². The van der Waals surface area contributed by atoms with Crippen LogP contribution in [0.3, 0.4) is 0 Å². The minimum Gasteiger partial charge on any atom is -0.340 e. The van der Waals surface area contributed by atoms with Crippen LogP contribution in [0.15, 0.2) is 0 Å². The molecule has 1 spiro atoms. The van der Waals surface area contributed by atoms with E-state index in [9.17, 15) is 9.59 Å². The summed E-state index contributed by atoms with van der Waals surface area (Å²) in [6, 6.07) is 0.0779. The van der Waals surface area contributed by atoms with Gasteiger partial charge in [0.15, 0.2) is 0 Å². The zero-order valence-electron chi connectivity index (χ0n) is 12.6. The van der Waals surface area contributed by atoms with E-state index in [-0.39, 0.29) is 17.9 Å². The standard InChI is InChI=1S/C15H26N2O2/c1-5-14(6-2)13(19)17(11(3)4)15(12(18)16-14)9-7-8-10-15/h11H,5-10H2,1-4H3,(H,16,18). The second-order valence-corrected chi connectivity index (χ2v) is 6.25. The molecular weight excluding hydrogens is 240 g/mol. The summed E-state index contributed by atoms with van der Waals surface area (Å²) in [5.74, 6) is 0.191. The van der Waals surface area contributed by atoms with Gasteiger partial charge in [0.2, 0.25) is 11.8 Å².